The van der Waals surface area contributed by atoms with Crippen LogP contribution < -0.4 is 5.32 Å². The van der Waals surface area contributed by atoms with Crippen molar-refractivity contribution in [3.05, 3.63) is 90.9 Å². The molecule has 0 aliphatic heterocycles. The molecule has 3 heterocycles. The summed E-state index contributed by atoms with van der Waals surface area (Å²) < 4.78 is 1.75. The van der Waals surface area contributed by atoms with Crippen LogP contribution in [0, 0.1) is 0 Å². The molecule has 1 atom stereocenters. The van der Waals surface area contributed by atoms with E-state index in [9.17, 15) is 5.11 Å². The predicted molar refractivity (Wildman–Crippen MR) is 119 cm³/mol. The van der Waals surface area contributed by atoms with Crippen molar-refractivity contribution in [3.63, 3.8) is 0 Å². The van der Waals surface area contributed by atoms with Gasteiger partial charge in [-0.05, 0) is 28.8 Å². The second-order valence-corrected chi connectivity index (χ2v) is 7.84. The summed E-state index contributed by atoms with van der Waals surface area (Å²) in [6.07, 6.45) is 4.78. The lowest BCUT2D eigenvalue weighted by Gasteiger charge is -2.12. The fourth-order valence-corrected chi connectivity index (χ4v) is 4.04. The van der Waals surface area contributed by atoms with Gasteiger partial charge in [-0.1, -0.05) is 65.9 Å². The highest BCUT2D eigenvalue weighted by Gasteiger charge is 2.12. The SMILES string of the molecule is OC(CNc1nn2cc(-c3cccnc3)nc2s1)c1ccc(-c2ccccc2)cc1. The zero-order valence-electron chi connectivity index (χ0n) is 16.0. The second-order valence-electron chi connectivity index (χ2n) is 6.89. The first-order chi connectivity index (χ1) is 14.8. The molecule has 7 heteroatoms. The van der Waals surface area contributed by atoms with E-state index < -0.39 is 6.10 Å². The molecular weight excluding hydrogens is 394 g/mol. The maximum absolute atomic E-state index is 10.5. The largest absolute Gasteiger partial charge is 0.387 e. The Morgan fingerprint density at radius 2 is 1.70 bits per heavy atom. The third kappa shape index (κ3) is 3.80. The average molecular weight is 414 g/mol. The quantitative estimate of drug-likeness (QED) is 0.423. The van der Waals surface area contributed by atoms with Crippen LogP contribution in [0.25, 0.3) is 27.3 Å². The Hall–Kier alpha value is -3.55. The number of benzene rings is 2. The lowest BCUT2D eigenvalue weighted by Crippen LogP contribution is -2.12. The molecule has 2 aromatic carbocycles. The fourth-order valence-electron chi connectivity index (χ4n) is 3.26. The van der Waals surface area contributed by atoms with E-state index in [1.807, 2.05) is 60.8 Å². The number of anilines is 1. The smallest absolute Gasteiger partial charge is 0.214 e. The van der Waals surface area contributed by atoms with E-state index in [1.165, 1.54) is 11.3 Å². The van der Waals surface area contributed by atoms with Crippen LogP contribution in [0.4, 0.5) is 5.13 Å². The maximum Gasteiger partial charge on any atom is 0.214 e. The molecule has 1 unspecified atom stereocenters. The van der Waals surface area contributed by atoms with E-state index in [0.717, 1.165) is 38.0 Å². The van der Waals surface area contributed by atoms with Crippen molar-refractivity contribution in [1.29, 1.82) is 0 Å². The normalized spacial score (nSPS) is 12.2. The van der Waals surface area contributed by atoms with Gasteiger partial charge in [0.1, 0.15) is 0 Å². The molecule has 0 fully saturated rings. The van der Waals surface area contributed by atoms with E-state index in [2.05, 4.69) is 32.5 Å². The number of pyridine rings is 1. The number of hydrogen-bond acceptors (Lipinski definition) is 6. The number of aliphatic hydroxyl groups excluding tert-OH is 1. The molecule has 0 bridgehead atoms. The molecule has 0 spiro atoms. The Morgan fingerprint density at radius 3 is 2.43 bits per heavy atom. The number of rotatable bonds is 6. The lowest BCUT2D eigenvalue weighted by atomic mass is 10.0. The summed E-state index contributed by atoms with van der Waals surface area (Å²) in [5.41, 5.74) is 4.95. The summed E-state index contributed by atoms with van der Waals surface area (Å²) in [6, 6.07) is 22.0. The minimum atomic E-state index is -0.628. The highest BCUT2D eigenvalue weighted by molar-refractivity contribution is 7.20. The number of nitrogens with one attached hydrogen (secondary N) is 1. The third-order valence-corrected chi connectivity index (χ3v) is 5.73. The molecule has 0 aliphatic carbocycles. The van der Waals surface area contributed by atoms with Crippen LogP contribution in [-0.4, -0.2) is 31.2 Å². The first-order valence-corrected chi connectivity index (χ1v) is 10.4. The second kappa shape index (κ2) is 8.06. The number of fused-ring (bicyclic) bond motifs is 1. The van der Waals surface area contributed by atoms with Crippen molar-refractivity contribution in [1.82, 2.24) is 19.6 Å². The monoisotopic (exact) mass is 413 g/mol. The lowest BCUT2D eigenvalue weighted by molar-refractivity contribution is 0.191. The zero-order chi connectivity index (χ0) is 20.3. The molecule has 30 heavy (non-hydrogen) atoms. The highest BCUT2D eigenvalue weighted by Crippen LogP contribution is 2.25. The third-order valence-electron chi connectivity index (χ3n) is 4.85. The summed E-state index contributed by atoms with van der Waals surface area (Å²) in [5, 5.41) is 19.0. The minimum Gasteiger partial charge on any atom is -0.387 e. The van der Waals surface area contributed by atoms with E-state index in [1.54, 1.807) is 16.9 Å². The molecule has 6 nitrogen and oxygen atoms in total. The van der Waals surface area contributed by atoms with Gasteiger partial charge in [-0.25, -0.2) is 9.50 Å². The molecule has 148 valence electrons. The standard InChI is InChI=1S/C23H19N5OS/c29-21(18-10-8-17(9-11-18)16-5-2-1-3-6-16)14-25-22-27-28-15-20(26-23(28)30-22)19-7-4-12-24-13-19/h1-13,15,21,29H,14H2,(H,25,27). The van der Waals surface area contributed by atoms with Gasteiger partial charge in [-0.15, -0.1) is 5.10 Å². The summed E-state index contributed by atoms with van der Waals surface area (Å²) in [7, 11) is 0. The molecular formula is C23H19N5OS. The summed E-state index contributed by atoms with van der Waals surface area (Å²) in [5.74, 6) is 0. The van der Waals surface area contributed by atoms with E-state index >= 15 is 0 Å². The van der Waals surface area contributed by atoms with Crippen LogP contribution in [0.3, 0.4) is 0 Å². The molecule has 0 saturated heterocycles. The number of aliphatic hydroxyl groups is 1. The van der Waals surface area contributed by atoms with Crippen molar-refractivity contribution in [3.8, 4) is 22.4 Å². The van der Waals surface area contributed by atoms with Crippen molar-refractivity contribution < 1.29 is 5.11 Å². The van der Waals surface area contributed by atoms with Gasteiger partial charge in [0.05, 0.1) is 18.0 Å². The molecule has 0 amide bonds. The Bertz CT molecular complexity index is 1220. The van der Waals surface area contributed by atoms with E-state index in [-0.39, 0.29) is 0 Å². The topological polar surface area (TPSA) is 75.3 Å². The predicted octanol–water partition coefficient (Wildman–Crippen LogP) is 4.67. The van der Waals surface area contributed by atoms with Crippen molar-refractivity contribution in [2.75, 3.05) is 11.9 Å². The Balaban J connectivity index is 1.24. The Kier molecular flexibility index (Phi) is 4.96. The number of aromatic nitrogens is 4. The minimum absolute atomic E-state index is 0.372. The van der Waals surface area contributed by atoms with Gasteiger partial charge in [-0.3, -0.25) is 4.98 Å². The summed E-state index contributed by atoms with van der Waals surface area (Å²) >= 11 is 1.45. The average Bonchev–Trinajstić information content (AvgIpc) is 3.38. The highest BCUT2D eigenvalue weighted by atomic mass is 32.1. The zero-order valence-corrected chi connectivity index (χ0v) is 16.8. The Morgan fingerprint density at radius 1 is 0.933 bits per heavy atom. The Labute approximate surface area is 177 Å². The fraction of sp³-hybridized carbons (Fsp3) is 0.0870. The molecule has 0 radical (unpaired) electrons. The van der Waals surface area contributed by atoms with Crippen LogP contribution in [-0.2, 0) is 0 Å². The summed E-state index contributed by atoms with van der Waals surface area (Å²) in [6.45, 7) is 0.372. The van der Waals surface area contributed by atoms with Gasteiger partial charge in [0, 0.05) is 24.5 Å². The first-order valence-electron chi connectivity index (χ1n) is 9.60. The van der Waals surface area contributed by atoms with Crippen molar-refractivity contribution >= 4 is 21.4 Å². The maximum atomic E-state index is 10.5. The van der Waals surface area contributed by atoms with Crippen LogP contribution >= 0.6 is 11.3 Å². The van der Waals surface area contributed by atoms with Crippen molar-refractivity contribution in [2.24, 2.45) is 0 Å². The van der Waals surface area contributed by atoms with Gasteiger partial charge in [0.25, 0.3) is 0 Å². The van der Waals surface area contributed by atoms with E-state index in [4.69, 9.17) is 0 Å². The van der Waals surface area contributed by atoms with Gasteiger partial charge in [0.15, 0.2) is 0 Å². The molecule has 5 rings (SSSR count). The van der Waals surface area contributed by atoms with Crippen LogP contribution in [0.15, 0.2) is 85.3 Å². The van der Waals surface area contributed by atoms with Gasteiger partial charge < -0.3 is 10.4 Å². The van der Waals surface area contributed by atoms with Gasteiger partial charge in [0.2, 0.25) is 10.1 Å². The van der Waals surface area contributed by atoms with Crippen LogP contribution in [0.1, 0.15) is 11.7 Å². The van der Waals surface area contributed by atoms with Gasteiger partial charge >= 0.3 is 0 Å². The first kappa shape index (κ1) is 18.5. The van der Waals surface area contributed by atoms with Gasteiger partial charge in [-0.2, -0.15) is 0 Å². The van der Waals surface area contributed by atoms with Crippen LogP contribution in [0.2, 0.25) is 0 Å². The van der Waals surface area contributed by atoms with Crippen molar-refractivity contribution in [2.45, 2.75) is 6.10 Å². The molecule has 5 aromatic rings. The molecule has 0 saturated carbocycles. The number of nitrogens with zero attached hydrogens (tertiary/aromatic N) is 4. The summed E-state index contributed by atoms with van der Waals surface area (Å²) in [4.78, 5) is 9.52. The van der Waals surface area contributed by atoms with E-state index in [0.29, 0.717) is 6.54 Å². The molecule has 2 N–H and O–H groups in total. The molecule has 0 aliphatic rings. The van der Waals surface area contributed by atoms with Crippen LogP contribution in [0.5, 0.6) is 0 Å². The number of hydrogen-bond donors (Lipinski definition) is 2. The molecule has 3 aromatic heterocycles. The number of imidazole rings is 1.